The Balaban J connectivity index is 1.89. The summed E-state index contributed by atoms with van der Waals surface area (Å²) in [4.78, 5) is 38.6. The molecule has 0 radical (unpaired) electrons. The number of hydrogen-bond acceptors (Lipinski definition) is 4. The fourth-order valence-electron chi connectivity index (χ4n) is 3.14. The van der Waals surface area contributed by atoms with E-state index < -0.39 is 4.92 Å². The lowest BCUT2D eigenvalue weighted by atomic mass is 10.1. The van der Waals surface area contributed by atoms with E-state index in [0.29, 0.717) is 39.8 Å². The van der Waals surface area contributed by atoms with Gasteiger partial charge in [-0.2, -0.15) is 0 Å². The number of rotatable bonds is 5. The Morgan fingerprint density at radius 1 is 1.25 bits per heavy atom. The van der Waals surface area contributed by atoms with Gasteiger partial charge in [-0.3, -0.25) is 19.7 Å². The van der Waals surface area contributed by atoms with Crippen LogP contribution >= 0.6 is 23.2 Å². The van der Waals surface area contributed by atoms with Crippen molar-refractivity contribution in [3.05, 3.63) is 67.7 Å². The Hall–Kier alpha value is -2.64. The van der Waals surface area contributed by atoms with Crippen molar-refractivity contribution in [2.45, 2.75) is 19.4 Å². The maximum atomic E-state index is 13.0. The number of amides is 2. The number of benzene rings is 2. The maximum Gasteiger partial charge on any atom is 0.269 e. The van der Waals surface area contributed by atoms with E-state index in [4.69, 9.17) is 23.2 Å². The third-order valence-electron chi connectivity index (χ3n) is 4.55. The molecule has 0 atom stereocenters. The van der Waals surface area contributed by atoms with E-state index in [2.05, 4.69) is 0 Å². The number of carbonyl (C=O) groups excluding carboxylic acids is 2. The first-order valence-corrected chi connectivity index (χ1v) is 9.31. The van der Waals surface area contributed by atoms with Gasteiger partial charge in [0.2, 0.25) is 5.91 Å². The van der Waals surface area contributed by atoms with E-state index in [0.717, 1.165) is 6.42 Å². The quantitative estimate of drug-likeness (QED) is 0.531. The minimum absolute atomic E-state index is 0.0549. The van der Waals surface area contributed by atoms with Crippen molar-refractivity contribution >= 4 is 46.4 Å². The summed E-state index contributed by atoms with van der Waals surface area (Å²) >= 11 is 12.2. The standard InChI is InChI=1S/C19H17Cl2N3O4/c1-22(11-12-9-14(24(27)28)5-7-16(12)21)19(26)15-6-4-13(20)10-17(15)23-8-2-3-18(23)25/h4-7,9-10H,2-3,8,11H2,1H3. The predicted octanol–water partition coefficient (Wildman–Crippen LogP) is 4.30. The molecular formula is C19H17Cl2N3O4. The number of nitro groups is 1. The lowest BCUT2D eigenvalue weighted by Crippen LogP contribution is -2.31. The van der Waals surface area contributed by atoms with Crippen LogP contribution in [-0.2, 0) is 11.3 Å². The van der Waals surface area contributed by atoms with Crippen LogP contribution in [-0.4, -0.2) is 35.2 Å². The Kier molecular flexibility index (Phi) is 5.86. The monoisotopic (exact) mass is 421 g/mol. The third-order valence-corrected chi connectivity index (χ3v) is 5.15. The van der Waals surface area contributed by atoms with Crippen molar-refractivity contribution in [2.24, 2.45) is 0 Å². The molecule has 0 N–H and O–H groups in total. The van der Waals surface area contributed by atoms with Gasteiger partial charge in [-0.25, -0.2) is 0 Å². The highest BCUT2D eigenvalue weighted by atomic mass is 35.5. The number of hydrogen-bond donors (Lipinski definition) is 0. The molecule has 1 aliphatic heterocycles. The summed E-state index contributed by atoms with van der Waals surface area (Å²) in [6.07, 6.45) is 1.15. The SMILES string of the molecule is CN(Cc1cc([N+](=O)[O-])ccc1Cl)C(=O)c1ccc(Cl)cc1N1CCCC1=O. The highest BCUT2D eigenvalue weighted by molar-refractivity contribution is 6.31. The molecule has 1 saturated heterocycles. The first-order chi connectivity index (χ1) is 13.3. The zero-order valence-corrected chi connectivity index (χ0v) is 16.5. The van der Waals surface area contributed by atoms with Gasteiger partial charge in [0.1, 0.15) is 0 Å². The molecular weight excluding hydrogens is 405 g/mol. The van der Waals surface area contributed by atoms with Crippen molar-refractivity contribution < 1.29 is 14.5 Å². The third kappa shape index (κ3) is 4.10. The van der Waals surface area contributed by atoms with Gasteiger partial charge in [0.15, 0.2) is 0 Å². The van der Waals surface area contributed by atoms with Gasteiger partial charge >= 0.3 is 0 Å². The van der Waals surface area contributed by atoms with E-state index in [1.807, 2.05) is 0 Å². The average molecular weight is 422 g/mol. The fraction of sp³-hybridized carbons (Fsp3) is 0.263. The smallest absolute Gasteiger partial charge is 0.269 e. The summed E-state index contributed by atoms with van der Waals surface area (Å²) in [6, 6.07) is 8.86. The molecule has 1 fully saturated rings. The molecule has 0 saturated carbocycles. The largest absolute Gasteiger partial charge is 0.337 e. The summed E-state index contributed by atoms with van der Waals surface area (Å²) in [5.41, 5.74) is 1.16. The second-order valence-electron chi connectivity index (χ2n) is 6.50. The van der Waals surface area contributed by atoms with Crippen molar-refractivity contribution in [3.8, 4) is 0 Å². The van der Waals surface area contributed by atoms with E-state index in [-0.39, 0.29) is 24.0 Å². The summed E-state index contributed by atoms with van der Waals surface area (Å²) in [5.74, 6) is -0.394. The number of nitrogens with zero attached hydrogens (tertiary/aromatic N) is 3. The van der Waals surface area contributed by atoms with Crippen molar-refractivity contribution in [3.63, 3.8) is 0 Å². The topological polar surface area (TPSA) is 83.8 Å². The van der Waals surface area contributed by atoms with E-state index in [1.165, 1.54) is 23.1 Å². The first kappa shape index (κ1) is 20.1. The van der Waals surface area contributed by atoms with Crippen LogP contribution < -0.4 is 4.90 Å². The van der Waals surface area contributed by atoms with Gasteiger partial charge in [-0.05, 0) is 36.2 Å². The molecule has 28 heavy (non-hydrogen) atoms. The second kappa shape index (κ2) is 8.16. The average Bonchev–Trinajstić information content (AvgIpc) is 3.08. The van der Waals surface area contributed by atoms with Gasteiger partial charge in [0, 0.05) is 48.7 Å². The highest BCUT2D eigenvalue weighted by Crippen LogP contribution is 2.30. The molecule has 0 unspecified atom stereocenters. The van der Waals surface area contributed by atoms with Crippen LogP contribution in [0.15, 0.2) is 36.4 Å². The Labute approximate surface area is 171 Å². The highest BCUT2D eigenvalue weighted by Gasteiger charge is 2.27. The zero-order chi connectivity index (χ0) is 20.4. The number of non-ortho nitro benzene ring substituents is 1. The van der Waals surface area contributed by atoms with E-state index in [9.17, 15) is 19.7 Å². The predicted molar refractivity (Wildman–Crippen MR) is 107 cm³/mol. The number of carbonyl (C=O) groups is 2. The van der Waals surface area contributed by atoms with Gasteiger partial charge < -0.3 is 9.80 Å². The molecule has 2 amide bonds. The molecule has 0 spiro atoms. The molecule has 1 aliphatic rings. The summed E-state index contributed by atoms with van der Waals surface area (Å²) < 4.78 is 0. The molecule has 146 valence electrons. The van der Waals surface area contributed by atoms with Crippen LogP contribution in [0.3, 0.4) is 0 Å². The molecule has 2 aromatic rings. The molecule has 7 nitrogen and oxygen atoms in total. The first-order valence-electron chi connectivity index (χ1n) is 8.56. The molecule has 0 bridgehead atoms. The van der Waals surface area contributed by atoms with E-state index >= 15 is 0 Å². The molecule has 2 aromatic carbocycles. The fourth-order valence-corrected chi connectivity index (χ4v) is 3.48. The molecule has 0 aliphatic carbocycles. The van der Waals surface area contributed by atoms with Crippen molar-refractivity contribution in [1.82, 2.24) is 4.90 Å². The summed E-state index contributed by atoms with van der Waals surface area (Å²) in [7, 11) is 1.57. The normalized spacial score (nSPS) is 13.7. The number of nitro benzene ring substituents is 1. The zero-order valence-electron chi connectivity index (χ0n) is 15.0. The minimum Gasteiger partial charge on any atom is -0.337 e. The number of anilines is 1. The second-order valence-corrected chi connectivity index (χ2v) is 7.35. The lowest BCUT2D eigenvalue weighted by molar-refractivity contribution is -0.384. The number of halogens is 2. The minimum atomic E-state index is -0.516. The Bertz CT molecular complexity index is 964. The Morgan fingerprint density at radius 3 is 2.64 bits per heavy atom. The summed E-state index contributed by atoms with van der Waals surface area (Å²) in [6.45, 7) is 0.606. The van der Waals surface area contributed by atoms with Gasteiger partial charge in [-0.1, -0.05) is 23.2 Å². The van der Waals surface area contributed by atoms with Gasteiger partial charge in [-0.15, -0.1) is 0 Å². The molecule has 1 heterocycles. The maximum absolute atomic E-state index is 13.0. The van der Waals surface area contributed by atoms with Crippen LogP contribution in [0.2, 0.25) is 10.0 Å². The summed E-state index contributed by atoms with van der Waals surface area (Å²) in [5, 5.41) is 11.7. The van der Waals surface area contributed by atoms with Crippen LogP contribution in [0.1, 0.15) is 28.8 Å². The van der Waals surface area contributed by atoms with Crippen LogP contribution in [0.4, 0.5) is 11.4 Å². The van der Waals surface area contributed by atoms with E-state index in [1.54, 1.807) is 30.1 Å². The lowest BCUT2D eigenvalue weighted by Gasteiger charge is -2.23. The van der Waals surface area contributed by atoms with Crippen LogP contribution in [0.25, 0.3) is 0 Å². The molecule has 3 rings (SSSR count). The van der Waals surface area contributed by atoms with Crippen molar-refractivity contribution in [2.75, 3.05) is 18.5 Å². The van der Waals surface area contributed by atoms with Gasteiger partial charge in [0.25, 0.3) is 11.6 Å². The molecule has 0 aromatic heterocycles. The van der Waals surface area contributed by atoms with Crippen molar-refractivity contribution in [1.29, 1.82) is 0 Å². The van der Waals surface area contributed by atoms with Crippen LogP contribution in [0.5, 0.6) is 0 Å². The molecule has 9 heteroatoms. The Morgan fingerprint density at radius 2 is 2.00 bits per heavy atom. The van der Waals surface area contributed by atoms with Crippen LogP contribution in [0, 0.1) is 10.1 Å². The van der Waals surface area contributed by atoms with Gasteiger partial charge in [0.05, 0.1) is 16.2 Å².